The van der Waals surface area contributed by atoms with Gasteiger partial charge in [-0.05, 0) is 50.1 Å². The molecular formula is C25H23FN6O. The second-order valence-corrected chi connectivity index (χ2v) is 7.99. The highest BCUT2D eigenvalue weighted by Gasteiger charge is 2.22. The molecule has 0 atom stereocenters. The minimum Gasteiger partial charge on any atom is -0.403 e. The Balaban J connectivity index is 1.77. The van der Waals surface area contributed by atoms with Crippen LogP contribution in [0.2, 0.25) is 0 Å². The number of aryl methyl sites for hydroxylation is 3. The lowest BCUT2D eigenvalue weighted by atomic mass is 10.0. The highest BCUT2D eigenvalue weighted by atomic mass is 19.1. The Labute approximate surface area is 190 Å². The highest BCUT2D eigenvalue weighted by molar-refractivity contribution is 5.88. The van der Waals surface area contributed by atoms with E-state index in [1.807, 2.05) is 57.2 Å². The molecule has 3 aromatic heterocycles. The van der Waals surface area contributed by atoms with Gasteiger partial charge in [-0.2, -0.15) is 0 Å². The maximum Gasteiger partial charge on any atom is 0.315 e. The maximum atomic E-state index is 14.2. The van der Waals surface area contributed by atoms with Gasteiger partial charge in [-0.3, -0.25) is 4.40 Å². The normalized spacial score (nSPS) is 11.2. The van der Waals surface area contributed by atoms with Crippen LogP contribution in [0.1, 0.15) is 16.7 Å². The van der Waals surface area contributed by atoms with E-state index in [9.17, 15) is 4.39 Å². The number of aromatic nitrogens is 4. The fourth-order valence-corrected chi connectivity index (χ4v) is 3.93. The smallest absolute Gasteiger partial charge is 0.315 e. The second kappa shape index (κ2) is 8.05. The molecule has 0 radical (unpaired) electrons. The molecule has 5 rings (SSSR count). The van der Waals surface area contributed by atoms with E-state index in [4.69, 9.17) is 9.40 Å². The third-order valence-electron chi connectivity index (χ3n) is 5.61. The highest BCUT2D eigenvalue weighted by Crippen LogP contribution is 2.39. The summed E-state index contributed by atoms with van der Waals surface area (Å²) in [4.78, 5) is 4.85. The number of halogens is 1. The minimum absolute atomic E-state index is 0.323. The standard InChI is InChI=1S/C25H23FN6O/c1-14-8-10-18(19(12-14)24-30-31-25(27-4)33-24)22-23(29-21-15(2)6-5-7-16(21)3)32-13-17(26)9-11-20(32)28-22/h5-13,29H,1-4H3,(H,27,31). The molecule has 0 bridgehead atoms. The molecule has 0 amide bonds. The van der Waals surface area contributed by atoms with E-state index < -0.39 is 0 Å². The molecule has 0 saturated heterocycles. The summed E-state index contributed by atoms with van der Waals surface area (Å²) in [5.41, 5.74) is 6.96. The molecule has 0 fully saturated rings. The van der Waals surface area contributed by atoms with E-state index in [-0.39, 0.29) is 5.82 Å². The molecule has 8 heteroatoms. The van der Waals surface area contributed by atoms with Crippen molar-refractivity contribution < 1.29 is 8.81 Å². The number of hydrogen-bond acceptors (Lipinski definition) is 6. The van der Waals surface area contributed by atoms with Gasteiger partial charge in [-0.15, -0.1) is 5.10 Å². The van der Waals surface area contributed by atoms with Gasteiger partial charge in [0.05, 0.1) is 0 Å². The molecule has 3 heterocycles. The summed E-state index contributed by atoms with van der Waals surface area (Å²) < 4.78 is 21.8. The summed E-state index contributed by atoms with van der Waals surface area (Å²) in [5, 5.41) is 14.6. The van der Waals surface area contributed by atoms with Gasteiger partial charge in [0.15, 0.2) is 0 Å². The number of nitrogens with one attached hydrogen (secondary N) is 2. The molecule has 0 spiro atoms. The third kappa shape index (κ3) is 3.69. The van der Waals surface area contributed by atoms with Gasteiger partial charge in [-0.1, -0.05) is 41.0 Å². The molecule has 2 aromatic carbocycles. The first-order valence-corrected chi connectivity index (χ1v) is 10.6. The first kappa shape index (κ1) is 20.7. The largest absolute Gasteiger partial charge is 0.403 e. The number of fused-ring (bicyclic) bond motifs is 1. The van der Waals surface area contributed by atoms with Crippen LogP contribution >= 0.6 is 0 Å². The van der Waals surface area contributed by atoms with Crippen molar-refractivity contribution in [3.8, 4) is 22.7 Å². The predicted molar refractivity (Wildman–Crippen MR) is 127 cm³/mol. The molecule has 33 heavy (non-hydrogen) atoms. The van der Waals surface area contributed by atoms with E-state index in [1.54, 1.807) is 17.5 Å². The van der Waals surface area contributed by atoms with E-state index in [2.05, 4.69) is 20.8 Å². The molecule has 0 aliphatic heterocycles. The van der Waals surface area contributed by atoms with Crippen molar-refractivity contribution in [3.05, 3.63) is 77.2 Å². The summed E-state index contributed by atoms with van der Waals surface area (Å²) >= 11 is 0. The monoisotopic (exact) mass is 442 g/mol. The fourth-order valence-electron chi connectivity index (χ4n) is 3.93. The van der Waals surface area contributed by atoms with Gasteiger partial charge in [0, 0.05) is 30.1 Å². The van der Waals surface area contributed by atoms with Gasteiger partial charge in [0.2, 0.25) is 5.89 Å². The number of imidazole rings is 1. The van der Waals surface area contributed by atoms with E-state index in [0.717, 1.165) is 33.5 Å². The zero-order valence-corrected chi connectivity index (χ0v) is 18.8. The van der Waals surface area contributed by atoms with E-state index in [0.29, 0.717) is 29.1 Å². The minimum atomic E-state index is -0.351. The van der Waals surface area contributed by atoms with Crippen LogP contribution in [-0.4, -0.2) is 26.6 Å². The van der Waals surface area contributed by atoms with Crippen molar-refractivity contribution in [1.29, 1.82) is 0 Å². The number of benzene rings is 2. The lowest BCUT2D eigenvalue weighted by molar-refractivity contribution is 0.585. The molecule has 0 aliphatic carbocycles. The Morgan fingerprint density at radius 1 is 0.939 bits per heavy atom. The van der Waals surface area contributed by atoms with Crippen LogP contribution in [0.4, 0.5) is 21.9 Å². The van der Waals surface area contributed by atoms with Gasteiger partial charge >= 0.3 is 6.01 Å². The lowest BCUT2D eigenvalue weighted by Crippen LogP contribution is -2.01. The van der Waals surface area contributed by atoms with Crippen LogP contribution in [0, 0.1) is 26.6 Å². The molecule has 0 aliphatic rings. The van der Waals surface area contributed by atoms with Crippen molar-refractivity contribution in [2.24, 2.45) is 0 Å². The van der Waals surface area contributed by atoms with E-state index >= 15 is 0 Å². The number of nitrogens with zero attached hydrogens (tertiary/aromatic N) is 4. The summed E-state index contributed by atoms with van der Waals surface area (Å²) in [6.07, 6.45) is 1.43. The number of hydrogen-bond donors (Lipinski definition) is 2. The lowest BCUT2D eigenvalue weighted by Gasteiger charge is -2.15. The van der Waals surface area contributed by atoms with Gasteiger partial charge in [0.25, 0.3) is 0 Å². The second-order valence-electron chi connectivity index (χ2n) is 7.99. The van der Waals surface area contributed by atoms with Gasteiger partial charge in [0.1, 0.15) is 23.0 Å². The van der Waals surface area contributed by atoms with Crippen LogP contribution in [0.3, 0.4) is 0 Å². The summed E-state index contributed by atoms with van der Waals surface area (Å²) in [5.74, 6) is 0.676. The van der Waals surface area contributed by atoms with Crippen molar-refractivity contribution >= 4 is 23.2 Å². The zero-order valence-electron chi connectivity index (χ0n) is 18.8. The molecule has 0 unspecified atom stereocenters. The number of rotatable bonds is 5. The molecule has 7 nitrogen and oxygen atoms in total. The van der Waals surface area contributed by atoms with Crippen LogP contribution in [0.15, 0.2) is 59.1 Å². The first-order valence-electron chi connectivity index (χ1n) is 10.6. The third-order valence-corrected chi connectivity index (χ3v) is 5.61. The van der Waals surface area contributed by atoms with Crippen LogP contribution in [0.25, 0.3) is 28.4 Å². The molecule has 166 valence electrons. The Hall–Kier alpha value is -4.20. The Morgan fingerprint density at radius 2 is 1.73 bits per heavy atom. The summed E-state index contributed by atoms with van der Waals surface area (Å²) in [6, 6.07) is 15.4. The van der Waals surface area contributed by atoms with Crippen LogP contribution in [-0.2, 0) is 0 Å². The summed E-state index contributed by atoms with van der Waals surface area (Å²) in [7, 11) is 1.72. The maximum absolute atomic E-state index is 14.2. The van der Waals surface area contributed by atoms with Crippen LogP contribution in [0.5, 0.6) is 0 Å². The van der Waals surface area contributed by atoms with Crippen molar-refractivity contribution in [2.45, 2.75) is 20.8 Å². The average molecular weight is 442 g/mol. The van der Waals surface area contributed by atoms with Crippen molar-refractivity contribution in [2.75, 3.05) is 17.7 Å². The van der Waals surface area contributed by atoms with Crippen molar-refractivity contribution in [1.82, 2.24) is 19.6 Å². The Kier molecular flexibility index (Phi) is 5.05. The quantitative estimate of drug-likeness (QED) is 0.353. The van der Waals surface area contributed by atoms with Gasteiger partial charge < -0.3 is 15.1 Å². The molecule has 2 N–H and O–H groups in total. The Morgan fingerprint density at radius 3 is 2.45 bits per heavy atom. The van der Waals surface area contributed by atoms with Crippen molar-refractivity contribution in [3.63, 3.8) is 0 Å². The molecule has 5 aromatic rings. The summed E-state index contributed by atoms with van der Waals surface area (Å²) in [6.45, 7) is 6.07. The fraction of sp³-hybridized carbons (Fsp3) is 0.160. The predicted octanol–water partition coefficient (Wildman–Crippen LogP) is 5.90. The number of anilines is 3. The SMILES string of the molecule is CNc1nnc(-c2cc(C)ccc2-c2nc3ccc(F)cn3c2Nc2c(C)cccc2C)o1. The van der Waals surface area contributed by atoms with E-state index in [1.165, 1.54) is 12.3 Å². The first-order chi connectivity index (χ1) is 15.9. The number of pyridine rings is 1. The molecule has 0 saturated carbocycles. The average Bonchev–Trinajstić information content (AvgIpc) is 3.41. The zero-order chi connectivity index (χ0) is 23.1. The molecular weight excluding hydrogens is 419 g/mol. The van der Waals surface area contributed by atoms with Crippen LogP contribution < -0.4 is 10.6 Å². The van der Waals surface area contributed by atoms with Gasteiger partial charge in [-0.25, -0.2) is 9.37 Å². The topological polar surface area (TPSA) is 80.3 Å². The Bertz CT molecular complexity index is 1470. The number of para-hydroxylation sites is 1.